The third-order valence-corrected chi connectivity index (χ3v) is 2.07. The van der Waals surface area contributed by atoms with Crippen molar-refractivity contribution in [2.75, 3.05) is 27.2 Å². The van der Waals surface area contributed by atoms with Gasteiger partial charge in [-0.25, -0.2) is 4.98 Å². The highest BCUT2D eigenvalue weighted by molar-refractivity contribution is 5.22. The van der Waals surface area contributed by atoms with E-state index in [0.29, 0.717) is 12.5 Å². The number of nitrogens with zero attached hydrogens (tertiary/aromatic N) is 2. The van der Waals surface area contributed by atoms with E-state index < -0.39 is 0 Å². The second-order valence-electron chi connectivity index (χ2n) is 3.87. The molecule has 1 rings (SSSR count). The van der Waals surface area contributed by atoms with Crippen LogP contribution >= 0.6 is 0 Å². The summed E-state index contributed by atoms with van der Waals surface area (Å²) in [6, 6.07) is 3.81. The number of nitrogens with two attached hydrogens (primary N) is 1. The standard InChI is InChI=1S/C11H19N3O/c1-9(12)10-4-5-13-11(8-10)15-7-6-14(2)3/h4-5,8-9H,6-7,12H2,1-3H3. The molecule has 2 N–H and O–H groups in total. The summed E-state index contributed by atoms with van der Waals surface area (Å²) in [6.07, 6.45) is 1.73. The minimum absolute atomic E-state index is 0.0178. The third-order valence-electron chi connectivity index (χ3n) is 2.07. The summed E-state index contributed by atoms with van der Waals surface area (Å²) in [4.78, 5) is 6.19. The Hall–Kier alpha value is -1.13. The van der Waals surface area contributed by atoms with Gasteiger partial charge in [0.05, 0.1) is 0 Å². The van der Waals surface area contributed by atoms with Crippen LogP contribution in [-0.2, 0) is 0 Å². The Morgan fingerprint density at radius 1 is 1.53 bits per heavy atom. The first-order valence-corrected chi connectivity index (χ1v) is 5.08. The van der Waals surface area contributed by atoms with Gasteiger partial charge in [0.2, 0.25) is 5.88 Å². The first-order chi connectivity index (χ1) is 7.09. The van der Waals surface area contributed by atoms with Gasteiger partial charge in [-0.15, -0.1) is 0 Å². The highest BCUT2D eigenvalue weighted by atomic mass is 16.5. The zero-order valence-electron chi connectivity index (χ0n) is 9.60. The molecular weight excluding hydrogens is 190 g/mol. The Morgan fingerprint density at radius 3 is 2.87 bits per heavy atom. The molecule has 0 radical (unpaired) electrons. The van der Waals surface area contributed by atoms with Gasteiger partial charge in [0.1, 0.15) is 6.61 Å². The van der Waals surface area contributed by atoms with Crippen molar-refractivity contribution in [2.45, 2.75) is 13.0 Å². The molecule has 1 aromatic heterocycles. The van der Waals surface area contributed by atoms with Gasteiger partial charge >= 0.3 is 0 Å². The largest absolute Gasteiger partial charge is 0.476 e. The molecule has 1 heterocycles. The Bertz CT molecular complexity index is 300. The van der Waals surface area contributed by atoms with Gasteiger partial charge in [0.25, 0.3) is 0 Å². The summed E-state index contributed by atoms with van der Waals surface area (Å²) in [6.45, 7) is 3.46. The van der Waals surface area contributed by atoms with E-state index >= 15 is 0 Å². The van der Waals surface area contributed by atoms with E-state index in [9.17, 15) is 0 Å². The molecule has 0 saturated heterocycles. The number of pyridine rings is 1. The Balaban J connectivity index is 2.50. The lowest BCUT2D eigenvalue weighted by atomic mass is 10.1. The van der Waals surface area contributed by atoms with Crippen molar-refractivity contribution >= 4 is 0 Å². The molecule has 0 aliphatic heterocycles. The first kappa shape index (κ1) is 11.9. The fraction of sp³-hybridized carbons (Fsp3) is 0.545. The molecule has 0 aliphatic carbocycles. The van der Waals surface area contributed by atoms with Crippen molar-refractivity contribution in [1.82, 2.24) is 9.88 Å². The number of rotatable bonds is 5. The van der Waals surface area contributed by atoms with E-state index in [1.807, 2.05) is 33.2 Å². The lowest BCUT2D eigenvalue weighted by molar-refractivity contribution is 0.253. The van der Waals surface area contributed by atoms with Crippen LogP contribution in [-0.4, -0.2) is 37.1 Å². The lowest BCUT2D eigenvalue weighted by Crippen LogP contribution is -2.19. The summed E-state index contributed by atoms with van der Waals surface area (Å²) >= 11 is 0. The van der Waals surface area contributed by atoms with Gasteiger partial charge in [-0.05, 0) is 32.6 Å². The molecule has 4 nitrogen and oxygen atoms in total. The van der Waals surface area contributed by atoms with E-state index in [2.05, 4.69) is 9.88 Å². The number of ether oxygens (including phenoxy) is 1. The van der Waals surface area contributed by atoms with Crippen LogP contribution in [0.25, 0.3) is 0 Å². The maximum Gasteiger partial charge on any atom is 0.213 e. The Kier molecular flexibility index (Phi) is 4.52. The van der Waals surface area contributed by atoms with Crippen molar-refractivity contribution in [3.63, 3.8) is 0 Å². The zero-order chi connectivity index (χ0) is 11.3. The van der Waals surface area contributed by atoms with Gasteiger partial charge in [-0.1, -0.05) is 0 Å². The van der Waals surface area contributed by atoms with Crippen LogP contribution in [0.2, 0.25) is 0 Å². The smallest absolute Gasteiger partial charge is 0.213 e. The van der Waals surface area contributed by atoms with Crippen molar-refractivity contribution in [1.29, 1.82) is 0 Å². The third kappa shape index (κ3) is 4.27. The molecule has 1 unspecified atom stereocenters. The number of hydrogen-bond acceptors (Lipinski definition) is 4. The SMILES string of the molecule is CC(N)c1ccnc(OCCN(C)C)c1. The summed E-state index contributed by atoms with van der Waals surface area (Å²) in [7, 11) is 4.02. The second-order valence-corrected chi connectivity index (χ2v) is 3.87. The predicted molar refractivity (Wildman–Crippen MR) is 60.9 cm³/mol. The summed E-state index contributed by atoms with van der Waals surface area (Å²) < 4.78 is 5.50. The van der Waals surface area contributed by atoms with E-state index in [1.165, 1.54) is 0 Å². The average molecular weight is 209 g/mol. The summed E-state index contributed by atoms with van der Waals surface area (Å²) in [5.41, 5.74) is 6.81. The molecule has 0 aromatic carbocycles. The second kappa shape index (κ2) is 5.68. The molecular formula is C11H19N3O. The van der Waals surface area contributed by atoms with Gasteiger partial charge in [0.15, 0.2) is 0 Å². The molecule has 15 heavy (non-hydrogen) atoms. The van der Waals surface area contributed by atoms with Crippen LogP contribution in [0, 0.1) is 0 Å². The van der Waals surface area contributed by atoms with E-state index in [4.69, 9.17) is 10.5 Å². The molecule has 0 spiro atoms. The Morgan fingerprint density at radius 2 is 2.27 bits per heavy atom. The topological polar surface area (TPSA) is 51.4 Å². The van der Waals surface area contributed by atoms with Crippen molar-refractivity contribution < 1.29 is 4.74 Å². The van der Waals surface area contributed by atoms with Crippen LogP contribution < -0.4 is 10.5 Å². The molecule has 1 aromatic rings. The lowest BCUT2D eigenvalue weighted by Gasteiger charge is -2.11. The molecule has 0 fully saturated rings. The van der Waals surface area contributed by atoms with Crippen molar-refractivity contribution in [3.8, 4) is 5.88 Å². The predicted octanol–water partition coefficient (Wildman–Crippen LogP) is 1.04. The molecule has 0 bridgehead atoms. The highest BCUT2D eigenvalue weighted by Crippen LogP contribution is 2.14. The molecule has 0 saturated carbocycles. The maximum absolute atomic E-state index is 5.77. The molecule has 0 amide bonds. The monoisotopic (exact) mass is 209 g/mol. The number of aromatic nitrogens is 1. The summed E-state index contributed by atoms with van der Waals surface area (Å²) in [5, 5.41) is 0. The van der Waals surface area contributed by atoms with E-state index in [0.717, 1.165) is 12.1 Å². The minimum Gasteiger partial charge on any atom is -0.476 e. The molecule has 4 heteroatoms. The fourth-order valence-electron chi connectivity index (χ4n) is 1.12. The van der Waals surface area contributed by atoms with Crippen LogP contribution in [0.5, 0.6) is 5.88 Å². The summed E-state index contributed by atoms with van der Waals surface area (Å²) in [5.74, 6) is 0.645. The van der Waals surface area contributed by atoms with Crippen molar-refractivity contribution in [3.05, 3.63) is 23.9 Å². The minimum atomic E-state index is 0.0178. The van der Waals surface area contributed by atoms with E-state index in [-0.39, 0.29) is 6.04 Å². The fourth-order valence-corrected chi connectivity index (χ4v) is 1.12. The van der Waals surface area contributed by atoms with Crippen LogP contribution in [0.15, 0.2) is 18.3 Å². The number of likely N-dealkylation sites (N-methyl/N-ethyl adjacent to an activating group) is 1. The average Bonchev–Trinajstić information content (AvgIpc) is 2.17. The highest BCUT2D eigenvalue weighted by Gasteiger charge is 2.02. The molecule has 84 valence electrons. The Labute approximate surface area is 91.1 Å². The quantitative estimate of drug-likeness (QED) is 0.787. The normalized spacial score (nSPS) is 12.9. The maximum atomic E-state index is 5.77. The molecule has 0 aliphatic rings. The molecule has 1 atom stereocenters. The van der Waals surface area contributed by atoms with Gasteiger partial charge < -0.3 is 15.4 Å². The van der Waals surface area contributed by atoms with Gasteiger partial charge in [0, 0.05) is 24.8 Å². The van der Waals surface area contributed by atoms with Crippen LogP contribution in [0.1, 0.15) is 18.5 Å². The van der Waals surface area contributed by atoms with Crippen LogP contribution in [0.4, 0.5) is 0 Å². The van der Waals surface area contributed by atoms with Gasteiger partial charge in [-0.3, -0.25) is 0 Å². The van der Waals surface area contributed by atoms with Crippen LogP contribution in [0.3, 0.4) is 0 Å². The zero-order valence-corrected chi connectivity index (χ0v) is 9.60. The van der Waals surface area contributed by atoms with E-state index in [1.54, 1.807) is 6.20 Å². The van der Waals surface area contributed by atoms with Gasteiger partial charge in [-0.2, -0.15) is 0 Å². The van der Waals surface area contributed by atoms with Crippen molar-refractivity contribution in [2.24, 2.45) is 5.73 Å². The first-order valence-electron chi connectivity index (χ1n) is 5.08. The number of hydrogen-bond donors (Lipinski definition) is 1.